The van der Waals surface area contributed by atoms with E-state index in [2.05, 4.69) is 21.2 Å². The summed E-state index contributed by atoms with van der Waals surface area (Å²) in [6, 6.07) is 7.56. The van der Waals surface area contributed by atoms with Crippen molar-refractivity contribution in [1.29, 1.82) is 0 Å². The lowest BCUT2D eigenvalue weighted by atomic mass is 9.97. The molecule has 1 saturated heterocycles. The van der Waals surface area contributed by atoms with Gasteiger partial charge in [0, 0.05) is 5.02 Å². The number of amides is 1. The van der Waals surface area contributed by atoms with E-state index < -0.39 is 0 Å². The van der Waals surface area contributed by atoms with Gasteiger partial charge in [0.2, 0.25) is 5.91 Å². The van der Waals surface area contributed by atoms with Crippen LogP contribution in [0.15, 0.2) is 24.3 Å². The largest absolute Gasteiger partial charge is 0.347 e. The maximum Gasteiger partial charge on any atom is 0.236 e. The summed E-state index contributed by atoms with van der Waals surface area (Å²) in [7, 11) is 0. The van der Waals surface area contributed by atoms with Gasteiger partial charge in [0.15, 0.2) is 0 Å². The number of carbonyl (C=O) groups excluding carboxylic acids is 1. The monoisotopic (exact) mass is 259 g/mol. The molecule has 1 aliphatic heterocycles. The molecule has 2 rings (SSSR count). The van der Waals surface area contributed by atoms with E-state index in [1.807, 2.05) is 24.3 Å². The maximum atomic E-state index is 10.9. The van der Waals surface area contributed by atoms with E-state index in [1.54, 1.807) is 0 Å². The van der Waals surface area contributed by atoms with Gasteiger partial charge >= 0.3 is 0 Å². The normalized spacial score (nSPS) is 26.5. The van der Waals surface area contributed by atoms with Gasteiger partial charge in [-0.1, -0.05) is 39.7 Å². The molecule has 2 atom stereocenters. The molecule has 0 saturated carbocycles. The van der Waals surface area contributed by atoms with Crippen LogP contribution in [0.4, 0.5) is 0 Å². The van der Waals surface area contributed by atoms with E-state index in [9.17, 15) is 4.79 Å². The van der Waals surface area contributed by atoms with Crippen LogP contribution in [-0.2, 0) is 4.79 Å². The second kappa shape index (κ2) is 3.31. The number of alkyl halides is 1. The number of hydrogen-bond donors (Lipinski definition) is 1. The van der Waals surface area contributed by atoms with Gasteiger partial charge in [-0.2, -0.15) is 0 Å². The van der Waals surface area contributed by atoms with Crippen molar-refractivity contribution < 1.29 is 4.79 Å². The highest BCUT2D eigenvalue weighted by Crippen LogP contribution is 2.30. The molecule has 0 aromatic heterocycles. The molecular formula is C9H7BrClNO. The molecule has 1 fully saturated rings. The first-order chi connectivity index (χ1) is 6.18. The summed E-state index contributed by atoms with van der Waals surface area (Å²) in [5.74, 6) is 0.0416. The Morgan fingerprint density at radius 2 is 1.92 bits per heavy atom. The zero-order valence-electron chi connectivity index (χ0n) is 6.63. The summed E-state index contributed by atoms with van der Waals surface area (Å²) in [6.07, 6.45) is 0. The first kappa shape index (κ1) is 9.03. The summed E-state index contributed by atoms with van der Waals surface area (Å²) in [5, 5.41) is 3.51. The standard InChI is InChI=1S/C9H7BrClNO/c10-7-8(12-9(7)13)5-1-3-6(11)4-2-5/h1-4,7-8H,(H,12,13)/t7-,8-/m1/s1. The van der Waals surface area contributed by atoms with Crippen molar-refractivity contribution in [1.82, 2.24) is 5.32 Å². The van der Waals surface area contributed by atoms with Crippen molar-refractivity contribution in [3.8, 4) is 0 Å². The molecule has 1 amide bonds. The van der Waals surface area contributed by atoms with Crippen LogP contribution in [0.3, 0.4) is 0 Å². The molecule has 0 unspecified atom stereocenters. The van der Waals surface area contributed by atoms with Gasteiger partial charge < -0.3 is 5.32 Å². The molecule has 1 N–H and O–H groups in total. The molecule has 1 aromatic carbocycles. The third kappa shape index (κ3) is 1.58. The fourth-order valence-electron chi connectivity index (χ4n) is 1.28. The Bertz CT molecular complexity index is 338. The van der Waals surface area contributed by atoms with E-state index in [4.69, 9.17) is 11.6 Å². The van der Waals surface area contributed by atoms with E-state index in [0.717, 1.165) is 5.56 Å². The molecule has 2 nitrogen and oxygen atoms in total. The summed E-state index contributed by atoms with van der Waals surface area (Å²) >= 11 is 9.05. The second-order valence-corrected chi connectivity index (χ2v) is 4.36. The van der Waals surface area contributed by atoms with Crippen molar-refractivity contribution in [2.24, 2.45) is 0 Å². The minimum Gasteiger partial charge on any atom is -0.347 e. The molecule has 1 aromatic rings. The fourth-order valence-corrected chi connectivity index (χ4v) is 1.98. The number of nitrogens with one attached hydrogen (secondary N) is 1. The minimum absolute atomic E-state index is 0.0416. The highest BCUT2D eigenvalue weighted by molar-refractivity contribution is 9.10. The maximum absolute atomic E-state index is 10.9. The lowest BCUT2D eigenvalue weighted by Crippen LogP contribution is -2.52. The predicted molar refractivity (Wildman–Crippen MR) is 55.1 cm³/mol. The molecule has 0 bridgehead atoms. The van der Waals surface area contributed by atoms with Gasteiger partial charge in [-0.15, -0.1) is 0 Å². The Labute approximate surface area is 89.4 Å². The zero-order valence-corrected chi connectivity index (χ0v) is 8.97. The average molecular weight is 261 g/mol. The number of carbonyl (C=O) groups is 1. The Balaban J connectivity index is 2.18. The van der Waals surface area contributed by atoms with Gasteiger partial charge in [-0.05, 0) is 17.7 Å². The lowest BCUT2D eigenvalue weighted by Gasteiger charge is -2.33. The third-order valence-electron chi connectivity index (χ3n) is 2.07. The molecule has 1 heterocycles. The average Bonchev–Trinajstić information content (AvgIpc) is 2.15. The van der Waals surface area contributed by atoms with E-state index in [-0.39, 0.29) is 16.8 Å². The van der Waals surface area contributed by atoms with Gasteiger partial charge in [0.05, 0.1) is 6.04 Å². The minimum atomic E-state index is -0.103. The molecule has 68 valence electrons. The Morgan fingerprint density at radius 3 is 2.38 bits per heavy atom. The molecule has 0 spiro atoms. The van der Waals surface area contributed by atoms with Crippen LogP contribution in [0.5, 0.6) is 0 Å². The molecule has 1 aliphatic rings. The van der Waals surface area contributed by atoms with Crippen LogP contribution in [-0.4, -0.2) is 10.7 Å². The molecule has 0 radical (unpaired) electrons. The van der Waals surface area contributed by atoms with Crippen molar-refractivity contribution in [3.05, 3.63) is 34.9 Å². The van der Waals surface area contributed by atoms with Gasteiger partial charge in [-0.25, -0.2) is 0 Å². The first-order valence-corrected chi connectivity index (χ1v) is 5.18. The number of β-lactam (4-membered cyclic amide) rings is 1. The zero-order chi connectivity index (χ0) is 9.42. The fraction of sp³-hybridized carbons (Fsp3) is 0.222. The smallest absolute Gasteiger partial charge is 0.236 e. The van der Waals surface area contributed by atoms with Crippen molar-refractivity contribution >= 4 is 33.4 Å². The van der Waals surface area contributed by atoms with Crippen LogP contribution in [0.2, 0.25) is 5.02 Å². The van der Waals surface area contributed by atoms with Crippen LogP contribution >= 0.6 is 27.5 Å². The van der Waals surface area contributed by atoms with Crippen molar-refractivity contribution in [2.75, 3.05) is 0 Å². The van der Waals surface area contributed by atoms with E-state index in [0.29, 0.717) is 5.02 Å². The molecule has 0 aliphatic carbocycles. The van der Waals surface area contributed by atoms with Crippen LogP contribution in [0.1, 0.15) is 11.6 Å². The number of hydrogen-bond acceptors (Lipinski definition) is 1. The summed E-state index contributed by atoms with van der Waals surface area (Å²) in [4.78, 5) is 10.8. The lowest BCUT2D eigenvalue weighted by molar-refractivity contribution is -0.127. The molecular weight excluding hydrogens is 253 g/mol. The van der Waals surface area contributed by atoms with Gasteiger partial charge in [-0.3, -0.25) is 4.79 Å². The molecule has 4 heteroatoms. The first-order valence-electron chi connectivity index (χ1n) is 3.88. The Morgan fingerprint density at radius 1 is 1.31 bits per heavy atom. The predicted octanol–water partition coefficient (Wildman–Crippen LogP) is 2.27. The summed E-state index contributed by atoms with van der Waals surface area (Å²) in [5.41, 5.74) is 1.07. The second-order valence-electron chi connectivity index (χ2n) is 2.94. The molecule has 13 heavy (non-hydrogen) atoms. The highest BCUT2D eigenvalue weighted by Gasteiger charge is 2.37. The van der Waals surface area contributed by atoms with Crippen LogP contribution < -0.4 is 5.32 Å². The number of halogens is 2. The quantitative estimate of drug-likeness (QED) is 0.609. The SMILES string of the molecule is O=C1N[C@H](c2ccc(Cl)cc2)[C@H]1Br. The number of rotatable bonds is 1. The van der Waals surface area contributed by atoms with Crippen LogP contribution in [0.25, 0.3) is 0 Å². The summed E-state index contributed by atoms with van der Waals surface area (Å²) in [6.45, 7) is 0. The Kier molecular flexibility index (Phi) is 2.30. The van der Waals surface area contributed by atoms with E-state index >= 15 is 0 Å². The van der Waals surface area contributed by atoms with Crippen molar-refractivity contribution in [3.63, 3.8) is 0 Å². The van der Waals surface area contributed by atoms with Gasteiger partial charge in [0.1, 0.15) is 4.83 Å². The number of benzene rings is 1. The summed E-state index contributed by atoms with van der Waals surface area (Å²) < 4.78 is 0. The third-order valence-corrected chi connectivity index (χ3v) is 3.27. The van der Waals surface area contributed by atoms with E-state index in [1.165, 1.54) is 0 Å². The van der Waals surface area contributed by atoms with Crippen LogP contribution in [0, 0.1) is 0 Å². The highest BCUT2D eigenvalue weighted by atomic mass is 79.9. The Hall–Kier alpha value is -0.540. The topological polar surface area (TPSA) is 29.1 Å². The van der Waals surface area contributed by atoms with Crippen molar-refractivity contribution in [2.45, 2.75) is 10.9 Å². The van der Waals surface area contributed by atoms with Gasteiger partial charge in [0.25, 0.3) is 0 Å².